The van der Waals surface area contributed by atoms with Crippen LogP contribution in [0.2, 0.25) is 0 Å². The first-order valence-corrected chi connectivity index (χ1v) is 4.94. The van der Waals surface area contributed by atoms with Crippen LogP contribution in [0.4, 0.5) is 0 Å². The standard InChI is InChI=1S/C9H20N2O/c1-2-8(7-12)11-9-3-5-10-6-4-9/h8-12H,2-7H2,1H3/t8-/m1/s1. The molecule has 1 heterocycles. The minimum absolute atomic E-state index is 0.264. The van der Waals surface area contributed by atoms with Crippen LogP contribution in [-0.4, -0.2) is 36.9 Å². The monoisotopic (exact) mass is 172 g/mol. The Morgan fingerprint density at radius 1 is 1.50 bits per heavy atom. The van der Waals surface area contributed by atoms with Crippen LogP contribution in [-0.2, 0) is 0 Å². The SMILES string of the molecule is CC[C@H](CO)NC1CCNCC1. The van der Waals surface area contributed by atoms with E-state index in [4.69, 9.17) is 5.11 Å². The number of nitrogens with one attached hydrogen (secondary N) is 2. The zero-order chi connectivity index (χ0) is 8.81. The van der Waals surface area contributed by atoms with E-state index in [0.717, 1.165) is 19.5 Å². The second-order valence-corrected chi connectivity index (χ2v) is 3.48. The van der Waals surface area contributed by atoms with Gasteiger partial charge < -0.3 is 15.7 Å². The summed E-state index contributed by atoms with van der Waals surface area (Å²) >= 11 is 0. The predicted molar refractivity (Wildman–Crippen MR) is 50.2 cm³/mol. The van der Waals surface area contributed by atoms with Gasteiger partial charge in [-0.25, -0.2) is 0 Å². The fourth-order valence-electron chi connectivity index (χ4n) is 1.62. The minimum Gasteiger partial charge on any atom is -0.395 e. The maximum atomic E-state index is 8.98. The highest BCUT2D eigenvalue weighted by Crippen LogP contribution is 2.04. The van der Waals surface area contributed by atoms with Gasteiger partial charge in [0.25, 0.3) is 0 Å². The fraction of sp³-hybridized carbons (Fsp3) is 1.00. The van der Waals surface area contributed by atoms with Gasteiger partial charge in [0.05, 0.1) is 6.61 Å². The molecule has 1 aliphatic heterocycles. The van der Waals surface area contributed by atoms with E-state index in [-0.39, 0.29) is 6.61 Å². The average Bonchev–Trinajstić information content (AvgIpc) is 2.16. The second kappa shape index (κ2) is 5.51. The van der Waals surface area contributed by atoms with Gasteiger partial charge in [-0.2, -0.15) is 0 Å². The summed E-state index contributed by atoms with van der Waals surface area (Å²) in [5, 5.41) is 15.8. The largest absolute Gasteiger partial charge is 0.395 e. The van der Waals surface area contributed by atoms with E-state index >= 15 is 0 Å². The molecule has 0 aromatic rings. The lowest BCUT2D eigenvalue weighted by atomic mass is 10.1. The molecule has 72 valence electrons. The van der Waals surface area contributed by atoms with E-state index in [1.807, 2.05) is 0 Å². The maximum Gasteiger partial charge on any atom is 0.0584 e. The van der Waals surface area contributed by atoms with E-state index in [1.54, 1.807) is 0 Å². The molecular weight excluding hydrogens is 152 g/mol. The molecule has 0 aromatic carbocycles. The van der Waals surface area contributed by atoms with Crippen LogP contribution in [0.5, 0.6) is 0 Å². The lowest BCUT2D eigenvalue weighted by Crippen LogP contribution is -2.45. The molecule has 3 nitrogen and oxygen atoms in total. The van der Waals surface area contributed by atoms with Crippen molar-refractivity contribution < 1.29 is 5.11 Å². The number of piperidine rings is 1. The molecular formula is C9H20N2O. The maximum absolute atomic E-state index is 8.98. The zero-order valence-electron chi connectivity index (χ0n) is 7.84. The van der Waals surface area contributed by atoms with Crippen LogP contribution in [0, 0.1) is 0 Å². The quantitative estimate of drug-likeness (QED) is 0.563. The van der Waals surface area contributed by atoms with Crippen molar-refractivity contribution in [1.29, 1.82) is 0 Å². The van der Waals surface area contributed by atoms with Crippen molar-refractivity contribution in [2.45, 2.75) is 38.3 Å². The van der Waals surface area contributed by atoms with Crippen LogP contribution < -0.4 is 10.6 Å². The first kappa shape index (κ1) is 9.96. The van der Waals surface area contributed by atoms with Crippen molar-refractivity contribution in [2.75, 3.05) is 19.7 Å². The number of aliphatic hydroxyl groups is 1. The Hall–Kier alpha value is -0.120. The summed E-state index contributed by atoms with van der Waals surface area (Å²) in [5.41, 5.74) is 0. The minimum atomic E-state index is 0.264. The molecule has 1 saturated heterocycles. The van der Waals surface area contributed by atoms with Crippen molar-refractivity contribution in [3.05, 3.63) is 0 Å². The molecule has 0 saturated carbocycles. The highest BCUT2D eigenvalue weighted by atomic mass is 16.3. The third-order valence-electron chi connectivity index (χ3n) is 2.52. The van der Waals surface area contributed by atoms with Gasteiger partial charge in [0.2, 0.25) is 0 Å². The van der Waals surface area contributed by atoms with Gasteiger partial charge in [-0.15, -0.1) is 0 Å². The van der Waals surface area contributed by atoms with Crippen molar-refractivity contribution in [2.24, 2.45) is 0 Å². The van der Waals surface area contributed by atoms with Gasteiger partial charge >= 0.3 is 0 Å². The van der Waals surface area contributed by atoms with Gasteiger partial charge in [-0.3, -0.25) is 0 Å². The number of hydrogen-bond donors (Lipinski definition) is 3. The molecule has 1 rings (SSSR count). The first-order valence-electron chi connectivity index (χ1n) is 4.94. The lowest BCUT2D eigenvalue weighted by Gasteiger charge is -2.27. The summed E-state index contributed by atoms with van der Waals surface area (Å²) in [7, 11) is 0. The van der Waals surface area contributed by atoms with Crippen molar-refractivity contribution in [1.82, 2.24) is 10.6 Å². The Bertz CT molecular complexity index is 109. The molecule has 0 unspecified atom stereocenters. The molecule has 0 aromatic heterocycles. The van der Waals surface area contributed by atoms with Crippen molar-refractivity contribution in [3.63, 3.8) is 0 Å². The molecule has 1 atom stereocenters. The number of rotatable bonds is 4. The van der Waals surface area contributed by atoms with Gasteiger partial charge in [-0.05, 0) is 32.4 Å². The van der Waals surface area contributed by atoms with Gasteiger partial charge in [-0.1, -0.05) is 6.92 Å². The van der Waals surface area contributed by atoms with Gasteiger partial charge in [0.1, 0.15) is 0 Å². The summed E-state index contributed by atoms with van der Waals surface area (Å²) in [6, 6.07) is 0.913. The highest BCUT2D eigenvalue weighted by Gasteiger charge is 2.15. The van der Waals surface area contributed by atoms with E-state index in [9.17, 15) is 0 Å². The summed E-state index contributed by atoms with van der Waals surface area (Å²) in [6.07, 6.45) is 3.40. The van der Waals surface area contributed by atoms with Crippen LogP contribution in [0.15, 0.2) is 0 Å². The van der Waals surface area contributed by atoms with E-state index in [1.165, 1.54) is 12.8 Å². The highest BCUT2D eigenvalue weighted by molar-refractivity contribution is 4.77. The summed E-state index contributed by atoms with van der Waals surface area (Å²) < 4.78 is 0. The van der Waals surface area contributed by atoms with Crippen LogP contribution in [0.1, 0.15) is 26.2 Å². The average molecular weight is 172 g/mol. The summed E-state index contributed by atoms with van der Waals surface area (Å²) in [6.45, 7) is 4.59. The van der Waals surface area contributed by atoms with E-state index in [0.29, 0.717) is 12.1 Å². The Morgan fingerprint density at radius 3 is 2.67 bits per heavy atom. The molecule has 0 radical (unpaired) electrons. The Balaban J connectivity index is 2.18. The predicted octanol–water partition coefficient (Wildman–Crippen LogP) is 0.0989. The van der Waals surface area contributed by atoms with Crippen molar-refractivity contribution in [3.8, 4) is 0 Å². The molecule has 0 aliphatic carbocycles. The molecule has 0 spiro atoms. The third kappa shape index (κ3) is 3.09. The molecule has 3 heteroatoms. The van der Waals surface area contributed by atoms with Crippen molar-refractivity contribution >= 4 is 0 Å². The first-order chi connectivity index (χ1) is 5.86. The van der Waals surface area contributed by atoms with Gasteiger partial charge in [0, 0.05) is 12.1 Å². The zero-order valence-corrected chi connectivity index (χ0v) is 7.84. The van der Waals surface area contributed by atoms with Gasteiger partial charge in [0.15, 0.2) is 0 Å². The molecule has 1 aliphatic rings. The summed E-state index contributed by atoms with van der Waals surface area (Å²) in [5.74, 6) is 0. The molecule has 12 heavy (non-hydrogen) atoms. The summed E-state index contributed by atoms with van der Waals surface area (Å²) in [4.78, 5) is 0. The van der Waals surface area contributed by atoms with E-state index in [2.05, 4.69) is 17.6 Å². The lowest BCUT2D eigenvalue weighted by molar-refractivity contribution is 0.217. The van der Waals surface area contributed by atoms with Crippen LogP contribution in [0.3, 0.4) is 0 Å². The normalized spacial score (nSPS) is 22.5. The molecule has 1 fully saturated rings. The fourth-order valence-corrected chi connectivity index (χ4v) is 1.62. The smallest absolute Gasteiger partial charge is 0.0584 e. The molecule has 3 N–H and O–H groups in total. The number of aliphatic hydroxyl groups excluding tert-OH is 1. The Labute approximate surface area is 74.5 Å². The Kier molecular flexibility index (Phi) is 4.58. The van der Waals surface area contributed by atoms with Crippen LogP contribution in [0.25, 0.3) is 0 Å². The molecule has 0 amide bonds. The molecule has 0 bridgehead atoms. The van der Waals surface area contributed by atoms with Crippen LogP contribution >= 0.6 is 0 Å². The Morgan fingerprint density at radius 2 is 2.17 bits per heavy atom. The third-order valence-corrected chi connectivity index (χ3v) is 2.52. The van der Waals surface area contributed by atoms with E-state index < -0.39 is 0 Å². The second-order valence-electron chi connectivity index (χ2n) is 3.48. The number of hydrogen-bond acceptors (Lipinski definition) is 3. The topological polar surface area (TPSA) is 44.3 Å².